The Balaban J connectivity index is 1.38. The average molecular weight is 420 g/mol. The number of nitrogens with one attached hydrogen (secondary N) is 1. The lowest BCUT2D eigenvalue weighted by atomic mass is 10.1. The summed E-state index contributed by atoms with van der Waals surface area (Å²) >= 11 is 0. The molecule has 0 radical (unpaired) electrons. The predicted octanol–water partition coefficient (Wildman–Crippen LogP) is 5.36. The van der Waals surface area contributed by atoms with E-state index in [-0.39, 0.29) is 0 Å². The largest absolute Gasteiger partial charge is 0.486 e. The van der Waals surface area contributed by atoms with E-state index in [1.165, 1.54) is 0 Å². The zero-order valence-corrected chi connectivity index (χ0v) is 16.8. The summed E-state index contributed by atoms with van der Waals surface area (Å²) in [5.41, 5.74) is 4.37. The van der Waals surface area contributed by atoms with E-state index >= 15 is 0 Å². The van der Waals surface area contributed by atoms with Gasteiger partial charge in [0.25, 0.3) is 0 Å². The van der Waals surface area contributed by atoms with Gasteiger partial charge in [-0.25, -0.2) is 4.98 Å². The van der Waals surface area contributed by atoms with Crippen molar-refractivity contribution in [3.63, 3.8) is 0 Å². The van der Waals surface area contributed by atoms with Gasteiger partial charge >= 0.3 is 0 Å². The Morgan fingerprint density at radius 2 is 1.47 bits per heavy atom. The number of H-pyrrole nitrogens is 1. The number of furan rings is 1. The van der Waals surface area contributed by atoms with Crippen molar-refractivity contribution < 1.29 is 13.9 Å². The molecule has 0 saturated carbocycles. The first-order chi connectivity index (χ1) is 15.8. The van der Waals surface area contributed by atoms with Crippen LogP contribution in [-0.2, 0) is 0 Å². The molecule has 0 unspecified atom stereocenters. The molecule has 1 aliphatic rings. The molecule has 0 bridgehead atoms. The number of imidazole rings is 1. The Morgan fingerprint density at radius 3 is 2.34 bits per heavy atom. The first-order valence-electron chi connectivity index (χ1n) is 10.4. The van der Waals surface area contributed by atoms with Gasteiger partial charge in [-0.3, -0.25) is 9.97 Å². The first kappa shape index (κ1) is 17.3. The molecule has 1 N–H and O–H groups in total. The van der Waals surface area contributed by atoms with Crippen molar-refractivity contribution in [2.24, 2.45) is 0 Å². The lowest BCUT2D eigenvalue weighted by molar-refractivity contribution is 0.171. The van der Waals surface area contributed by atoms with Crippen LogP contribution in [0.2, 0.25) is 0 Å². The topological polar surface area (TPSA) is 86.1 Å². The maximum atomic E-state index is 6.18. The molecule has 32 heavy (non-hydrogen) atoms. The number of benzene rings is 2. The number of hydrogen-bond acceptors (Lipinski definition) is 6. The highest BCUT2D eigenvalue weighted by Crippen LogP contribution is 2.37. The van der Waals surface area contributed by atoms with Gasteiger partial charge in [0, 0.05) is 28.7 Å². The number of rotatable bonds is 2. The van der Waals surface area contributed by atoms with Gasteiger partial charge in [0.15, 0.2) is 23.1 Å². The van der Waals surface area contributed by atoms with E-state index in [9.17, 15) is 0 Å². The molecule has 0 spiro atoms. The fourth-order valence-corrected chi connectivity index (χ4v) is 4.28. The van der Waals surface area contributed by atoms with E-state index in [1.54, 1.807) is 12.4 Å². The molecule has 2 aromatic carbocycles. The van der Waals surface area contributed by atoms with E-state index in [1.807, 2.05) is 54.6 Å². The molecular weight excluding hydrogens is 404 g/mol. The monoisotopic (exact) mass is 420 g/mol. The number of hydrogen-bond donors (Lipinski definition) is 1. The summed E-state index contributed by atoms with van der Waals surface area (Å²) in [5.74, 6) is 3.53. The lowest BCUT2D eigenvalue weighted by Crippen LogP contribution is -2.15. The van der Waals surface area contributed by atoms with Crippen molar-refractivity contribution in [3.8, 4) is 34.4 Å². The summed E-state index contributed by atoms with van der Waals surface area (Å²) in [6, 6.07) is 17.6. The van der Waals surface area contributed by atoms with Crippen LogP contribution in [0.4, 0.5) is 0 Å². The lowest BCUT2D eigenvalue weighted by Gasteiger charge is -2.18. The molecular formula is C25H16N4O3. The molecule has 0 saturated heterocycles. The van der Waals surface area contributed by atoms with Gasteiger partial charge < -0.3 is 18.9 Å². The smallest absolute Gasteiger partial charge is 0.174 e. The number of ether oxygens (including phenoxy) is 2. The van der Waals surface area contributed by atoms with E-state index in [0.29, 0.717) is 24.8 Å². The van der Waals surface area contributed by atoms with Gasteiger partial charge in [-0.05, 0) is 54.6 Å². The third-order valence-corrected chi connectivity index (χ3v) is 5.73. The van der Waals surface area contributed by atoms with Crippen LogP contribution in [0.25, 0.3) is 55.7 Å². The highest BCUT2D eigenvalue weighted by atomic mass is 16.6. The summed E-state index contributed by atoms with van der Waals surface area (Å²) in [4.78, 5) is 17.4. The molecule has 0 atom stereocenters. The number of fused-ring (bicyclic) bond motifs is 7. The Labute approximate surface area is 181 Å². The molecule has 0 fully saturated rings. The summed E-state index contributed by atoms with van der Waals surface area (Å²) in [5, 5.41) is 1.93. The van der Waals surface area contributed by atoms with Gasteiger partial charge in [-0.1, -0.05) is 0 Å². The van der Waals surface area contributed by atoms with E-state index in [2.05, 4.69) is 15.0 Å². The number of aromatic nitrogens is 4. The van der Waals surface area contributed by atoms with Crippen LogP contribution in [0.5, 0.6) is 11.5 Å². The predicted molar refractivity (Wildman–Crippen MR) is 121 cm³/mol. The SMILES string of the molecule is c1cnc2c(c1)c1nc(-c3ccc(-c4ccc5c(c4)OCCO5)o3)[nH]c1c1cccnc12. The molecule has 5 heterocycles. The number of aromatic amines is 1. The molecule has 7 heteroatoms. The van der Waals surface area contributed by atoms with E-state index in [4.69, 9.17) is 18.9 Å². The quantitative estimate of drug-likeness (QED) is 0.380. The minimum atomic E-state index is 0.546. The zero-order valence-electron chi connectivity index (χ0n) is 16.8. The molecule has 0 aliphatic carbocycles. The Hall–Kier alpha value is -4.39. The number of nitrogens with zero attached hydrogens (tertiary/aromatic N) is 3. The highest BCUT2D eigenvalue weighted by Gasteiger charge is 2.18. The second-order valence-corrected chi connectivity index (χ2v) is 7.63. The summed E-state index contributed by atoms with van der Waals surface area (Å²) < 4.78 is 17.5. The van der Waals surface area contributed by atoms with Gasteiger partial charge in [0.1, 0.15) is 19.0 Å². The molecule has 7 rings (SSSR count). The second-order valence-electron chi connectivity index (χ2n) is 7.63. The Kier molecular flexibility index (Phi) is 3.54. The Bertz CT molecular complexity index is 1580. The normalized spacial score (nSPS) is 13.2. The van der Waals surface area contributed by atoms with Crippen molar-refractivity contribution in [2.45, 2.75) is 0 Å². The van der Waals surface area contributed by atoms with Crippen LogP contribution in [0.3, 0.4) is 0 Å². The van der Waals surface area contributed by atoms with Crippen LogP contribution in [0.1, 0.15) is 0 Å². The van der Waals surface area contributed by atoms with Gasteiger partial charge in [-0.15, -0.1) is 0 Å². The maximum absolute atomic E-state index is 6.18. The molecule has 0 amide bonds. The van der Waals surface area contributed by atoms with Crippen LogP contribution in [-0.4, -0.2) is 33.1 Å². The van der Waals surface area contributed by atoms with E-state index < -0.39 is 0 Å². The summed E-state index contributed by atoms with van der Waals surface area (Å²) in [7, 11) is 0. The van der Waals surface area contributed by atoms with E-state index in [0.717, 1.165) is 55.7 Å². The molecule has 7 nitrogen and oxygen atoms in total. The van der Waals surface area contributed by atoms with Crippen molar-refractivity contribution in [3.05, 3.63) is 67.0 Å². The van der Waals surface area contributed by atoms with Crippen molar-refractivity contribution >= 4 is 32.8 Å². The third kappa shape index (κ3) is 2.51. The standard InChI is InChI=1S/C25H16N4O3/c1-3-15-21(26-9-1)22-16(4-2-10-27-22)24-23(15)28-25(29-24)19-8-7-17(32-19)14-5-6-18-20(13-14)31-12-11-30-18/h1-10,13H,11-12H2,(H,28,29). The van der Waals surface area contributed by atoms with Gasteiger partial charge in [-0.2, -0.15) is 0 Å². The summed E-state index contributed by atoms with van der Waals surface area (Å²) in [6.45, 7) is 1.11. The Morgan fingerprint density at radius 1 is 0.719 bits per heavy atom. The minimum absolute atomic E-state index is 0.546. The highest BCUT2D eigenvalue weighted by molar-refractivity contribution is 6.20. The minimum Gasteiger partial charge on any atom is -0.486 e. The van der Waals surface area contributed by atoms with Crippen molar-refractivity contribution in [1.29, 1.82) is 0 Å². The molecule has 154 valence electrons. The zero-order chi connectivity index (χ0) is 21.1. The second kappa shape index (κ2) is 6.55. The van der Waals surface area contributed by atoms with Crippen molar-refractivity contribution in [1.82, 2.24) is 19.9 Å². The average Bonchev–Trinajstić information content (AvgIpc) is 3.52. The van der Waals surface area contributed by atoms with Crippen LogP contribution in [0, 0.1) is 0 Å². The summed E-state index contributed by atoms with van der Waals surface area (Å²) in [6.07, 6.45) is 3.56. The van der Waals surface area contributed by atoms with Gasteiger partial charge in [0.05, 0.1) is 22.1 Å². The number of pyridine rings is 2. The van der Waals surface area contributed by atoms with Crippen LogP contribution < -0.4 is 9.47 Å². The first-order valence-corrected chi connectivity index (χ1v) is 10.4. The maximum Gasteiger partial charge on any atom is 0.174 e. The fraction of sp³-hybridized carbons (Fsp3) is 0.0800. The molecule has 4 aromatic heterocycles. The van der Waals surface area contributed by atoms with Crippen molar-refractivity contribution in [2.75, 3.05) is 13.2 Å². The fourth-order valence-electron chi connectivity index (χ4n) is 4.28. The molecule has 6 aromatic rings. The third-order valence-electron chi connectivity index (χ3n) is 5.73. The van der Waals surface area contributed by atoms with Crippen LogP contribution in [0.15, 0.2) is 71.4 Å². The molecule has 1 aliphatic heterocycles. The van der Waals surface area contributed by atoms with Gasteiger partial charge in [0.2, 0.25) is 0 Å². The van der Waals surface area contributed by atoms with Crippen LogP contribution >= 0.6 is 0 Å².